The molecule has 10 nitrogen and oxygen atoms in total. The summed E-state index contributed by atoms with van der Waals surface area (Å²) in [7, 11) is 0. The van der Waals surface area contributed by atoms with Crippen LogP contribution in [-0.2, 0) is 44.3 Å². The van der Waals surface area contributed by atoms with E-state index in [1.165, 1.54) is 13.0 Å². The zero-order valence-corrected chi connectivity index (χ0v) is 20.5. The minimum Gasteiger partial charge on any atom is -0.477 e. The number of hydrogen-bond acceptors (Lipinski definition) is 7. The number of carboxylic acid groups (broad SMARTS) is 1. The molecule has 37 heavy (non-hydrogen) atoms. The normalized spacial score (nSPS) is 18.2. The molecule has 0 saturated carbocycles. The molecule has 0 spiro atoms. The van der Waals surface area contributed by atoms with Crippen LogP contribution in [0.3, 0.4) is 0 Å². The van der Waals surface area contributed by atoms with Crippen LogP contribution >= 0.6 is 0 Å². The topological polar surface area (TPSA) is 148 Å². The molecule has 4 heterocycles. The van der Waals surface area contributed by atoms with Crippen LogP contribution in [0, 0.1) is 0 Å². The summed E-state index contributed by atoms with van der Waals surface area (Å²) in [5.74, 6) is -2.52. The Morgan fingerprint density at radius 3 is 2.62 bits per heavy atom. The Balaban J connectivity index is 1.69. The lowest BCUT2D eigenvalue weighted by Gasteiger charge is -2.31. The molecule has 2 aromatic heterocycles. The van der Waals surface area contributed by atoms with E-state index in [1.54, 1.807) is 23.6 Å². The number of benzene rings is 1. The highest BCUT2D eigenvalue weighted by Gasteiger charge is 2.45. The molecule has 0 fully saturated rings. The molecule has 3 aromatic rings. The largest absolute Gasteiger partial charge is 0.477 e. The Kier molecular flexibility index (Phi) is 5.71. The highest BCUT2D eigenvalue weighted by Crippen LogP contribution is 2.39. The average Bonchev–Trinajstić information content (AvgIpc) is 3.22. The lowest BCUT2D eigenvalue weighted by molar-refractivity contribution is -0.172. The monoisotopic (exact) mass is 503 g/mol. The molecule has 2 aliphatic rings. The van der Waals surface area contributed by atoms with E-state index in [0.29, 0.717) is 28.9 Å². The van der Waals surface area contributed by atoms with Crippen LogP contribution in [0.15, 0.2) is 34.8 Å². The quantitative estimate of drug-likeness (QED) is 0.277. The van der Waals surface area contributed by atoms with Gasteiger partial charge in [-0.05, 0) is 54.3 Å². The van der Waals surface area contributed by atoms with Gasteiger partial charge in [0.05, 0.1) is 29.0 Å². The molecule has 1 aromatic carbocycles. The molecule has 1 amide bonds. The first-order valence-electron chi connectivity index (χ1n) is 11.9. The molecular formula is C27H25N3O7. The van der Waals surface area contributed by atoms with Gasteiger partial charge in [-0.25, -0.2) is 14.6 Å². The van der Waals surface area contributed by atoms with Gasteiger partial charge in [0.2, 0.25) is 5.91 Å². The smallest absolute Gasteiger partial charge is 0.352 e. The van der Waals surface area contributed by atoms with E-state index in [4.69, 9.17) is 9.72 Å². The van der Waals surface area contributed by atoms with Gasteiger partial charge in [-0.2, -0.15) is 0 Å². The number of ether oxygens (including phenoxy) is 1. The number of carbonyl (C=O) groups is 3. The maximum absolute atomic E-state index is 13.4. The van der Waals surface area contributed by atoms with Crippen molar-refractivity contribution in [3.05, 3.63) is 68.1 Å². The van der Waals surface area contributed by atoms with Crippen molar-refractivity contribution in [1.82, 2.24) is 14.9 Å². The number of rotatable bonds is 5. The van der Waals surface area contributed by atoms with E-state index in [1.807, 2.05) is 19.1 Å². The number of nitrogens with one attached hydrogen (secondary N) is 1. The van der Waals surface area contributed by atoms with Gasteiger partial charge in [-0.1, -0.05) is 13.8 Å². The van der Waals surface area contributed by atoms with Crippen LogP contribution in [0.1, 0.15) is 55.0 Å². The maximum atomic E-state index is 13.4. The van der Waals surface area contributed by atoms with Crippen LogP contribution < -0.4 is 10.9 Å². The fourth-order valence-corrected chi connectivity index (χ4v) is 5.06. The van der Waals surface area contributed by atoms with Crippen molar-refractivity contribution in [3.8, 4) is 11.4 Å². The summed E-state index contributed by atoms with van der Waals surface area (Å²) < 4.78 is 6.68. The first-order chi connectivity index (χ1) is 17.6. The second-order valence-corrected chi connectivity index (χ2v) is 9.25. The number of aliphatic carboxylic acids is 1. The van der Waals surface area contributed by atoms with Crippen molar-refractivity contribution in [2.45, 2.75) is 52.4 Å². The summed E-state index contributed by atoms with van der Waals surface area (Å²) in [6.07, 6.45) is 2.06. The van der Waals surface area contributed by atoms with Gasteiger partial charge < -0.3 is 24.8 Å². The number of carboxylic acids is 1. The number of hydrogen-bond donors (Lipinski definition) is 3. The van der Waals surface area contributed by atoms with Crippen LogP contribution in [0.5, 0.6) is 0 Å². The van der Waals surface area contributed by atoms with Gasteiger partial charge in [0, 0.05) is 23.4 Å². The standard InChI is InChI=1S/C27H25N3O7/c1-4-15-6-14(8-20(25(33)34)28-13(3)31)7-16-9-17-11-30-21(23(17)29-22(15)16)10-19-18(24(30)32)12-37-26(35)27(19,36)5-2/h6-10,36H,4-5,11-12H2,1-3H3,(H,28,31)(H,33,34)/b20-8-/t27-/m0/s1. The summed E-state index contributed by atoms with van der Waals surface area (Å²) in [6.45, 7) is 4.90. The van der Waals surface area contributed by atoms with E-state index in [9.17, 15) is 29.4 Å². The van der Waals surface area contributed by atoms with Gasteiger partial charge in [0.15, 0.2) is 5.60 Å². The van der Waals surface area contributed by atoms with Crippen molar-refractivity contribution < 1.29 is 29.3 Å². The van der Waals surface area contributed by atoms with Gasteiger partial charge >= 0.3 is 11.9 Å². The van der Waals surface area contributed by atoms with Crippen molar-refractivity contribution in [3.63, 3.8) is 0 Å². The Labute approximate surface area is 211 Å². The third-order valence-electron chi connectivity index (χ3n) is 6.95. The Morgan fingerprint density at radius 2 is 1.97 bits per heavy atom. The van der Waals surface area contributed by atoms with Crippen LogP contribution in [0.4, 0.5) is 0 Å². The van der Waals surface area contributed by atoms with Crippen molar-refractivity contribution in [2.24, 2.45) is 0 Å². The molecule has 3 N–H and O–H groups in total. The van der Waals surface area contributed by atoms with Gasteiger partial charge in [-0.15, -0.1) is 0 Å². The molecule has 0 radical (unpaired) electrons. The lowest BCUT2D eigenvalue weighted by Crippen LogP contribution is -2.44. The van der Waals surface area contributed by atoms with Crippen molar-refractivity contribution >= 4 is 34.8 Å². The highest BCUT2D eigenvalue weighted by molar-refractivity contribution is 5.97. The summed E-state index contributed by atoms with van der Waals surface area (Å²) in [5.41, 5.74) is 2.06. The molecule has 0 saturated heterocycles. The number of nitrogens with zero attached hydrogens (tertiary/aromatic N) is 2. The summed E-state index contributed by atoms with van der Waals surface area (Å²) in [4.78, 5) is 53.6. The number of cyclic esters (lactones) is 1. The van der Waals surface area contributed by atoms with Crippen LogP contribution in [0.2, 0.25) is 0 Å². The number of fused-ring (bicyclic) bond motifs is 5. The second-order valence-electron chi connectivity index (χ2n) is 9.25. The molecular weight excluding hydrogens is 478 g/mol. The third kappa shape index (κ3) is 3.80. The number of pyridine rings is 2. The molecule has 0 aliphatic carbocycles. The molecule has 0 unspecified atom stereocenters. The minimum absolute atomic E-state index is 0.0623. The first-order valence-corrected chi connectivity index (χ1v) is 11.9. The number of aryl methyl sites for hydroxylation is 1. The Hall–Kier alpha value is -4.31. The third-order valence-corrected chi connectivity index (χ3v) is 6.95. The van der Waals surface area contributed by atoms with E-state index in [0.717, 1.165) is 16.5 Å². The predicted octanol–water partition coefficient (Wildman–Crippen LogP) is 2.20. The molecule has 10 heteroatoms. The van der Waals surface area contributed by atoms with E-state index < -0.39 is 23.4 Å². The zero-order chi connectivity index (χ0) is 26.6. The minimum atomic E-state index is -1.90. The number of aromatic nitrogens is 2. The molecule has 2 aliphatic heterocycles. The number of carbonyl (C=O) groups excluding carboxylic acids is 2. The van der Waals surface area contributed by atoms with E-state index >= 15 is 0 Å². The van der Waals surface area contributed by atoms with Crippen molar-refractivity contribution in [2.75, 3.05) is 0 Å². The van der Waals surface area contributed by atoms with Gasteiger partial charge in [0.25, 0.3) is 5.56 Å². The van der Waals surface area contributed by atoms with E-state index in [-0.39, 0.29) is 42.0 Å². The van der Waals surface area contributed by atoms with Crippen LogP contribution in [0.25, 0.3) is 28.4 Å². The van der Waals surface area contributed by atoms with Crippen LogP contribution in [-0.4, -0.2) is 37.6 Å². The SMILES string of the molecule is CCc1cc(/C=C(\NC(C)=O)C(=O)O)cc2cc3c(nc12)-c1cc2c(c(=O)n1C3)COC(=O)[C@]2(O)CC. The summed E-state index contributed by atoms with van der Waals surface area (Å²) >= 11 is 0. The highest BCUT2D eigenvalue weighted by atomic mass is 16.6. The summed E-state index contributed by atoms with van der Waals surface area (Å²) in [6, 6.07) is 7.17. The number of aliphatic hydroxyl groups is 1. The lowest BCUT2D eigenvalue weighted by atomic mass is 9.86. The fourth-order valence-electron chi connectivity index (χ4n) is 5.06. The predicted molar refractivity (Wildman–Crippen MR) is 133 cm³/mol. The fraction of sp³-hybridized carbons (Fsp3) is 0.296. The molecule has 190 valence electrons. The molecule has 1 atom stereocenters. The Morgan fingerprint density at radius 1 is 1.22 bits per heavy atom. The Bertz CT molecular complexity index is 1620. The van der Waals surface area contributed by atoms with Gasteiger partial charge in [-0.3, -0.25) is 9.59 Å². The maximum Gasteiger partial charge on any atom is 0.352 e. The zero-order valence-electron chi connectivity index (χ0n) is 20.5. The van der Waals surface area contributed by atoms with E-state index in [2.05, 4.69) is 5.32 Å². The summed E-state index contributed by atoms with van der Waals surface area (Å²) in [5, 5.41) is 23.6. The van der Waals surface area contributed by atoms with Crippen molar-refractivity contribution in [1.29, 1.82) is 0 Å². The van der Waals surface area contributed by atoms with Gasteiger partial charge in [0.1, 0.15) is 12.3 Å². The molecule has 0 bridgehead atoms. The first kappa shape index (κ1) is 24.4. The average molecular weight is 504 g/mol. The number of amides is 1. The second kappa shape index (κ2) is 8.67. The number of esters is 1. The molecule has 5 rings (SSSR count).